The molecular formula is C19H16ClNO3S2. The number of halogens is 1. The smallest absolute Gasteiger partial charge is 0.265 e. The predicted octanol–water partition coefficient (Wildman–Crippen LogP) is 5.10. The van der Waals surface area contributed by atoms with E-state index in [1.807, 2.05) is 32.0 Å². The zero-order chi connectivity index (χ0) is 18.9. The van der Waals surface area contributed by atoms with Crippen LogP contribution in [0.25, 0.3) is 0 Å². The van der Waals surface area contributed by atoms with Crippen molar-refractivity contribution in [1.29, 1.82) is 0 Å². The number of hydrogen-bond donors (Lipinski definition) is 1. The first-order valence-corrected chi connectivity index (χ1v) is 10.4. The van der Waals surface area contributed by atoms with E-state index in [0.717, 1.165) is 28.2 Å². The summed E-state index contributed by atoms with van der Waals surface area (Å²) >= 11 is 6.76. The number of para-hydroxylation sites is 1. The maximum Gasteiger partial charge on any atom is 0.265 e. The number of carbonyl (C=O) groups excluding carboxylic acids is 1. The van der Waals surface area contributed by atoms with Gasteiger partial charge in [-0.3, -0.25) is 4.79 Å². The predicted molar refractivity (Wildman–Crippen MR) is 105 cm³/mol. The van der Waals surface area contributed by atoms with E-state index in [-0.39, 0.29) is 15.0 Å². The summed E-state index contributed by atoms with van der Waals surface area (Å²) in [5.74, 6) is -0.329. The van der Waals surface area contributed by atoms with Crippen LogP contribution in [0.4, 0.5) is 5.69 Å². The molecule has 3 rings (SSSR count). The summed E-state index contributed by atoms with van der Waals surface area (Å²) in [5.41, 5.74) is 2.64. The van der Waals surface area contributed by atoms with Crippen molar-refractivity contribution in [2.24, 2.45) is 0 Å². The number of benzene rings is 2. The first-order chi connectivity index (χ1) is 12.3. The number of rotatable bonds is 4. The summed E-state index contributed by atoms with van der Waals surface area (Å²) in [5, 5.41) is 3.33. The van der Waals surface area contributed by atoms with Gasteiger partial charge >= 0.3 is 0 Å². The second-order valence-electron chi connectivity index (χ2n) is 5.80. The van der Waals surface area contributed by atoms with Crippen LogP contribution in [-0.4, -0.2) is 14.3 Å². The molecule has 0 aliphatic carbocycles. The lowest BCUT2D eigenvalue weighted by Gasteiger charge is -2.10. The van der Waals surface area contributed by atoms with E-state index in [1.54, 1.807) is 0 Å². The standard InChI is InChI=1S/C19H16ClNO3S2/c1-12-4-3-5-13(2)18(12)21-19(22)16-10-11-17(25-16)26(23,24)15-8-6-14(20)7-9-15/h3-11H,1-2H3,(H,21,22). The van der Waals surface area contributed by atoms with Crippen LogP contribution in [0, 0.1) is 13.8 Å². The highest BCUT2D eigenvalue weighted by Gasteiger charge is 2.22. The maximum atomic E-state index is 12.7. The van der Waals surface area contributed by atoms with Crippen molar-refractivity contribution in [2.75, 3.05) is 5.32 Å². The molecule has 0 spiro atoms. The van der Waals surface area contributed by atoms with E-state index in [1.165, 1.54) is 36.4 Å². The summed E-state index contributed by atoms with van der Waals surface area (Å²) in [6, 6.07) is 14.7. The summed E-state index contributed by atoms with van der Waals surface area (Å²) in [4.78, 5) is 13.0. The molecule has 0 unspecified atom stereocenters. The molecule has 1 heterocycles. The molecule has 4 nitrogen and oxygen atoms in total. The Morgan fingerprint density at radius 2 is 1.58 bits per heavy atom. The Balaban J connectivity index is 1.87. The lowest BCUT2D eigenvalue weighted by Crippen LogP contribution is -2.12. The normalized spacial score (nSPS) is 11.3. The molecule has 0 radical (unpaired) electrons. The molecule has 3 aromatic rings. The second kappa shape index (κ2) is 7.23. The van der Waals surface area contributed by atoms with E-state index in [2.05, 4.69) is 5.32 Å². The lowest BCUT2D eigenvalue weighted by molar-refractivity contribution is 0.103. The van der Waals surface area contributed by atoms with Gasteiger partial charge in [0, 0.05) is 10.7 Å². The van der Waals surface area contributed by atoms with Crippen molar-refractivity contribution in [1.82, 2.24) is 0 Å². The van der Waals surface area contributed by atoms with Crippen LogP contribution >= 0.6 is 22.9 Å². The van der Waals surface area contributed by atoms with Gasteiger partial charge in [0.05, 0.1) is 9.77 Å². The highest BCUT2D eigenvalue weighted by molar-refractivity contribution is 7.93. The van der Waals surface area contributed by atoms with Gasteiger partial charge in [-0.15, -0.1) is 11.3 Å². The van der Waals surface area contributed by atoms with Gasteiger partial charge in [0.25, 0.3) is 5.91 Å². The molecule has 1 aromatic heterocycles. The highest BCUT2D eigenvalue weighted by atomic mass is 35.5. The molecule has 0 saturated carbocycles. The van der Waals surface area contributed by atoms with Gasteiger partial charge in [0.1, 0.15) is 4.21 Å². The molecule has 1 amide bonds. The van der Waals surface area contributed by atoms with Gasteiger partial charge in [-0.05, 0) is 61.4 Å². The van der Waals surface area contributed by atoms with E-state index < -0.39 is 9.84 Å². The molecule has 26 heavy (non-hydrogen) atoms. The molecule has 1 N–H and O–H groups in total. The van der Waals surface area contributed by atoms with E-state index in [9.17, 15) is 13.2 Å². The van der Waals surface area contributed by atoms with Crippen LogP contribution in [0.5, 0.6) is 0 Å². The third kappa shape index (κ3) is 3.67. The molecule has 0 fully saturated rings. The SMILES string of the molecule is Cc1cccc(C)c1NC(=O)c1ccc(S(=O)(=O)c2ccc(Cl)cc2)s1. The highest BCUT2D eigenvalue weighted by Crippen LogP contribution is 2.29. The number of amides is 1. The second-order valence-corrected chi connectivity index (χ2v) is 9.49. The van der Waals surface area contributed by atoms with Crippen LogP contribution in [-0.2, 0) is 9.84 Å². The Kier molecular flexibility index (Phi) is 5.18. The molecule has 0 atom stereocenters. The fraction of sp³-hybridized carbons (Fsp3) is 0.105. The zero-order valence-corrected chi connectivity index (χ0v) is 16.5. The fourth-order valence-electron chi connectivity index (χ4n) is 2.50. The number of hydrogen-bond acceptors (Lipinski definition) is 4. The van der Waals surface area contributed by atoms with Gasteiger partial charge in [0.2, 0.25) is 9.84 Å². The zero-order valence-electron chi connectivity index (χ0n) is 14.1. The Morgan fingerprint density at radius 3 is 2.19 bits per heavy atom. The fourth-order valence-corrected chi connectivity index (χ4v) is 5.23. The average molecular weight is 406 g/mol. The van der Waals surface area contributed by atoms with Crippen LogP contribution in [0.15, 0.2) is 63.7 Å². The summed E-state index contributed by atoms with van der Waals surface area (Å²) in [6.45, 7) is 3.82. The van der Waals surface area contributed by atoms with Gasteiger partial charge in [-0.2, -0.15) is 0 Å². The minimum atomic E-state index is -3.68. The number of anilines is 1. The van der Waals surface area contributed by atoms with Crippen LogP contribution in [0.2, 0.25) is 5.02 Å². The topological polar surface area (TPSA) is 63.2 Å². The molecular weight excluding hydrogens is 390 g/mol. The van der Waals surface area contributed by atoms with Crippen molar-refractivity contribution in [2.45, 2.75) is 23.0 Å². The molecule has 0 aliphatic rings. The largest absolute Gasteiger partial charge is 0.321 e. The molecule has 2 aromatic carbocycles. The summed E-state index contributed by atoms with van der Waals surface area (Å²) < 4.78 is 25.5. The van der Waals surface area contributed by atoms with Crippen molar-refractivity contribution >= 4 is 44.4 Å². The van der Waals surface area contributed by atoms with Crippen LogP contribution in [0.3, 0.4) is 0 Å². The quantitative estimate of drug-likeness (QED) is 0.656. The minimum Gasteiger partial charge on any atom is -0.321 e. The number of nitrogens with one attached hydrogen (secondary N) is 1. The number of aryl methyl sites for hydroxylation is 2. The number of thiophene rings is 1. The summed E-state index contributed by atoms with van der Waals surface area (Å²) in [6.07, 6.45) is 0. The maximum absolute atomic E-state index is 12.7. The first kappa shape index (κ1) is 18.6. The number of carbonyl (C=O) groups is 1. The Hall–Kier alpha value is -2.15. The number of sulfone groups is 1. The van der Waals surface area contributed by atoms with Crippen molar-refractivity contribution in [3.63, 3.8) is 0 Å². The van der Waals surface area contributed by atoms with E-state index in [4.69, 9.17) is 11.6 Å². The van der Waals surface area contributed by atoms with Gasteiger partial charge in [0.15, 0.2) is 0 Å². The molecule has 134 valence electrons. The third-order valence-corrected chi connectivity index (χ3v) is 7.51. The Bertz CT molecular complexity index is 1050. The third-order valence-electron chi connectivity index (χ3n) is 3.91. The molecule has 7 heteroatoms. The lowest BCUT2D eigenvalue weighted by atomic mass is 10.1. The minimum absolute atomic E-state index is 0.117. The average Bonchev–Trinajstić information content (AvgIpc) is 3.09. The molecule has 0 saturated heterocycles. The Morgan fingerprint density at radius 1 is 0.962 bits per heavy atom. The molecule has 0 aliphatic heterocycles. The van der Waals surface area contributed by atoms with Crippen molar-refractivity contribution in [3.8, 4) is 0 Å². The van der Waals surface area contributed by atoms with Crippen molar-refractivity contribution in [3.05, 3.63) is 75.6 Å². The van der Waals surface area contributed by atoms with Crippen LogP contribution in [0.1, 0.15) is 20.8 Å². The van der Waals surface area contributed by atoms with E-state index >= 15 is 0 Å². The first-order valence-electron chi connectivity index (χ1n) is 7.77. The van der Waals surface area contributed by atoms with Crippen molar-refractivity contribution < 1.29 is 13.2 Å². The van der Waals surface area contributed by atoms with E-state index in [0.29, 0.717) is 9.90 Å². The van der Waals surface area contributed by atoms with Gasteiger partial charge in [-0.1, -0.05) is 29.8 Å². The van der Waals surface area contributed by atoms with Crippen LogP contribution < -0.4 is 5.32 Å². The Labute approximate surface area is 161 Å². The summed E-state index contributed by atoms with van der Waals surface area (Å²) in [7, 11) is -3.68. The van der Waals surface area contributed by atoms with Gasteiger partial charge < -0.3 is 5.32 Å². The molecule has 0 bridgehead atoms. The monoisotopic (exact) mass is 405 g/mol. The van der Waals surface area contributed by atoms with Gasteiger partial charge in [-0.25, -0.2) is 8.42 Å².